The number of rotatable bonds is 8. The van der Waals surface area contributed by atoms with Crippen LogP contribution in [0.5, 0.6) is 11.5 Å². The summed E-state index contributed by atoms with van der Waals surface area (Å²) in [5.74, 6) is 0.164. The van der Waals surface area contributed by atoms with Gasteiger partial charge in [0.1, 0.15) is 11.5 Å². The van der Waals surface area contributed by atoms with Crippen LogP contribution in [0, 0.1) is 6.92 Å². The zero-order valence-corrected chi connectivity index (χ0v) is 20.7. The third-order valence-electron chi connectivity index (χ3n) is 6.09. The quantitative estimate of drug-likeness (QED) is 0.230. The molecule has 0 bridgehead atoms. The monoisotopic (exact) mass is 479 g/mol. The summed E-state index contributed by atoms with van der Waals surface area (Å²) in [6, 6.07) is 32.0. The molecule has 5 heteroatoms. The van der Waals surface area contributed by atoms with E-state index in [1.54, 1.807) is 24.3 Å². The number of aryl methyl sites for hydroxylation is 1. The summed E-state index contributed by atoms with van der Waals surface area (Å²) >= 11 is 0. The second kappa shape index (κ2) is 10.9. The lowest BCUT2D eigenvalue weighted by atomic mass is 9.78. The van der Waals surface area contributed by atoms with Gasteiger partial charge in [-0.1, -0.05) is 74.0 Å². The molecule has 0 aliphatic rings. The molecular formula is C31H29NO4. The molecule has 36 heavy (non-hydrogen) atoms. The molecule has 4 aromatic rings. The summed E-state index contributed by atoms with van der Waals surface area (Å²) in [4.78, 5) is 24.7. The summed E-state index contributed by atoms with van der Waals surface area (Å²) in [5.41, 5.74) is 4.52. The van der Waals surface area contributed by atoms with Crippen LogP contribution in [0.25, 0.3) is 0 Å². The van der Waals surface area contributed by atoms with E-state index in [1.165, 1.54) is 5.56 Å². The molecule has 4 rings (SSSR count). The first-order chi connectivity index (χ1) is 17.3. The Kier molecular flexibility index (Phi) is 7.50. The van der Waals surface area contributed by atoms with E-state index in [4.69, 9.17) is 9.47 Å². The van der Waals surface area contributed by atoms with Crippen LogP contribution in [0.2, 0.25) is 0 Å². The number of carbonyl (C=O) groups excluding carboxylic acids is 2. The van der Waals surface area contributed by atoms with Crippen LogP contribution in [0.1, 0.15) is 40.9 Å². The maximum atomic E-state index is 12.4. The molecule has 0 unspecified atom stereocenters. The maximum Gasteiger partial charge on any atom is 0.349 e. The number of esters is 1. The molecule has 0 atom stereocenters. The van der Waals surface area contributed by atoms with Crippen LogP contribution < -0.4 is 14.8 Å². The van der Waals surface area contributed by atoms with E-state index in [2.05, 4.69) is 31.3 Å². The third kappa shape index (κ3) is 6.19. The van der Waals surface area contributed by atoms with Gasteiger partial charge in [-0.15, -0.1) is 0 Å². The molecule has 5 nitrogen and oxygen atoms in total. The van der Waals surface area contributed by atoms with Gasteiger partial charge in [0.05, 0.1) is 0 Å². The number of carbonyl (C=O) groups is 2. The van der Waals surface area contributed by atoms with Gasteiger partial charge in [0.2, 0.25) is 0 Å². The average Bonchev–Trinajstić information content (AvgIpc) is 2.90. The largest absolute Gasteiger partial charge is 0.482 e. The molecule has 0 aliphatic carbocycles. The van der Waals surface area contributed by atoms with Crippen molar-refractivity contribution in [2.75, 3.05) is 11.9 Å². The first-order valence-corrected chi connectivity index (χ1v) is 11.8. The SMILES string of the molecule is Cc1ccc(NC(=O)c2ccc(OC(=O)COc3ccc(C(C)(C)c4ccccc4)cc3)cc2)cc1. The van der Waals surface area contributed by atoms with Crippen molar-refractivity contribution in [3.8, 4) is 11.5 Å². The van der Waals surface area contributed by atoms with Crippen molar-refractivity contribution >= 4 is 17.6 Å². The second-order valence-electron chi connectivity index (χ2n) is 9.12. The number of hydrogen-bond acceptors (Lipinski definition) is 4. The number of ether oxygens (including phenoxy) is 2. The molecule has 0 spiro atoms. The fraction of sp³-hybridized carbons (Fsp3) is 0.161. The van der Waals surface area contributed by atoms with Gasteiger partial charge in [-0.05, 0) is 66.6 Å². The van der Waals surface area contributed by atoms with Gasteiger partial charge >= 0.3 is 5.97 Å². The van der Waals surface area contributed by atoms with Gasteiger partial charge in [-0.25, -0.2) is 4.79 Å². The lowest BCUT2D eigenvalue weighted by Crippen LogP contribution is -2.19. The molecule has 0 saturated heterocycles. The van der Waals surface area contributed by atoms with Crippen LogP contribution in [0.15, 0.2) is 103 Å². The Morgan fingerprint density at radius 2 is 1.31 bits per heavy atom. The Balaban J connectivity index is 1.28. The average molecular weight is 480 g/mol. The fourth-order valence-electron chi connectivity index (χ4n) is 3.81. The normalized spacial score (nSPS) is 11.0. The minimum atomic E-state index is -0.527. The van der Waals surface area contributed by atoms with Crippen molar-refractivity contribution < 1.29 is 19.1 Å². The molecule has 0 saturated carbocycles. The van der Waals surface area contributed by atoms with Crippen molar-refractivity contribution in [1.29, 1.82) is 0 Å². The molecule has 4 aromatic carbocycles. The summed E-state index contributed by atoms with van der Waals surface area (Å²) in [6.45, 7) is 6.11. The van der Waals surface area contributed by atoms with Gasteiger partial charge in [0, 0.05) is 16.7 Å². The molecule has 0 fully saturated rings. The highest BCUT2D eigenvalue weighted by Crippen LogP contribution is 2.32. The Hall–Kier alpha value is -4.38. The highest BCUT2D eigenvalue weighted by Gasteiger charge is 2.22. The van der Waals surface area contributed by atoms with E-state index >= 15 is 0 Å². The zero-order valence-electron chi connectivity index (χ0n) is 20.7. The number of hydrogen-bond donors (Lipinski definition) is 1. The summed E-state index contributed by atoms with van der Waals surface area (Å²) in [6.07, 6.45) is 0. The lowest BCUT2D eigenvalue weighted by Gasteiger charge is -2.26. The number of benzene rings is 4. The van der Waals surface area contributed by atoms with E-state index in [1.807, 2.05) is 73.7 Å². The molecule has 0 heterocycles. The number of amides is 1. The van der Waals surface area contributed by atoms with Crippen LogP contribution in [0.3, 0.4) is 0 Å². The first kappa shape index (κ1) is 24.7. The Morgan fingerprint density at radius 1 is 0.722 bits per heavy atom. The zero-order chi connectivity index (χ0) is 25.5. The molecule has 182 valence electrons. The lowest BCUT2D eigenvalue weighted by molar-refractivity contribution is -0.136. The van der Waals surface area contributed by atoms with Crippen molar-refractivity contribution in [1.82, 2.24) is 0 Å². The Labute approximate surface area is 211 Å². The van der Waals surface area contributed by atoms with Gasteiger partial charge in [-0.2, -0.15) is 0 Å². The fourth-order valence-corrected chi connectivity index (χ4v) is 3.81. The molecular weight excluding hydrogens is 450 g/mol. The predicted molar refractivity (Wildman–Crippen MR) is 142 cm³/mol. The van der Waals surface area contributed by atoms with Crippen LogP contribution in [-0.4, -0.2) is 18.5 Å². The predicted octanol–water partition coefficient (Wildman–Crippen LogP) is 6.56. The van der Waals surface area contributed by atoms with Crippen molar-refractivity contribution in [2.24, 2.45) is 0 Å². The van der Waals surface area contributed by atoms with Crippen LogP contribution in [0.4, 0.5) is 5.69 Å². The molecule has 1 N–H and O–H groups in total. The standard InChI is InChI=1S/C31H29NO4/c1-22-9-15-26(16-10-22)32-30(34)23-11-17-28(18-12-23)36-29(33)21-35-27-19-13-25(14-20-27)31(2,3)24-7-5-4-6-8-24/h4-20H,21H2,1-3H3,(H,32,34). The van der Waals surface area contributed by atoms with Gasteiger partial charge in [-0.3, -0.25) is 4.79 Å². The third-order valence-corrected chi connectivity index (χ3v) is 6.09. The highest BCUT2D eigenvalue weighted by atomic mass is 16.6. The smallest absolute Gasteiger partial charge is 0.349 e. The maximum absolute atomic E-state index is 12.4. The van der Waals surface area contributed by atoms with Crippen LogP contribution in [-0.2, 0) is 10.2 Å². The van der Waals surface area contributed by atoms with Gasteiger partial charge in [0.25, 0.3) is 5.91 Å². The van der Waals surface area contributed by atoms with Gasteiger partial charge < -0.3 is 14.8 Å². The first-order valence-electron chi connectivity index (χ1n) is 11.8. The van der Waals surface area contributed by atoms with Crippen molar-refractivity contribution in [2.45, 2.75) is 26.2 Å². The Bertz CT molecular complexity index is 1310. The minimum absolute atomic E-state index is 0.151. The molecule has 0 aromatic heterocycles. The number of anilines is 1. The second-order valence-corrected chi connectivity index (χ2v) is 9.12. The topological polar surface area (TPSA) is 64.6 Å². The number of nitrogens with one attached hydrogen (secondary N) is 1. The van der Waals surface area contributed by atoms with E-state index in [-0.39, 0.29) is 17.9 Å². The molecule has 0 aliphatic heterocycles. The van der Waals surface area contributed by atoms with Crippen molar-refractivity contribution in [3.05, 3.63) is 125 Å². The van der Waals surface area contributed by atoms with Crippen LogP contribution >= 0.6 is 0 Å². The van der Waals surface area contributed by atoms with E-state index in [9.17, 15) is 9.59 Å². The summed E-state index contributed by atoms with van der Waals surface area (Å²) in [5, 5.41) is 2.84. The van der Waals surface area contributed by atoms with Crippen molar-refractivity contribution in [3.63, 3.8) is 0 Å². The summed E-state index contributed by atoms with van der Waals surface area (Å²) in [7, 11) is 0. The Morgan fingerprint density at radius 3 is 1.94 bits per heavy atom. The summed E-state index contributed by atoms with van der Waals surface area (Å²) < 4.78 is 11.0. The van der Waals surface area contributed by atoms with E-state index in [0.717, 1.165) is 16.8 Å². The minimum Gasteiger partial charge on any atom is -0.482 e. The van der Waals surface area contributed by atoms with E-state index in [0.29, 0.717) is 17.1 Å². The molecule has 1 amide bonds. The highest BCUT2D eigenvalue weighted by molar-refractivity contribution is 6.04. The van der Waals surface area contributed by atoms with E-state index < -0.39 is 5.97 Å². The molecule has 0 radical (unpaired) electrons. The van der Waals surface area contributed by atoms with Gasteiger partial charge in [0.15, 0.2) is 6.61 Å².